The summed E-state index contributed by atoms with van der Waals surface area (Å²) >= 11 is 0. The third kappa shape index (κ3) is 3.08. The van der Waals surface area contributed by atoms with E-state index in [1.807, 2.05) is 11.7 Å². The summed E-state index contributed by atoms with van der Waals surface area (Å²) in [4.78, 5) is 0. The number of hydrogen-bond acceptors (Lipinski definition) is 5. The molecule has 6 nitrogen and oxygen atoms in total. The van der Waals surface area contributed by atoms with E-state index in [0.717, 1.165) is 24.4 Å². The Bertz CT molecular complexity index is 388. The summed E-state index contributed by atoms with van der Waals surface area (Å²) in [6, 6.07) is 0.0179. The van der Waals surface area contributed by atoms with E-state index in [2.05, 4.69) is 17.3 Å². The summed E-state index contributed by atoms with van der Waals surface area (Å²) in [6.07, 6.45) is 2.77. The van der Waals surface area contributed by atoms with Gasteiger partial charge in [-0.05, 0) is 13.5 Å². The van der Waals surface area contributed by atoms with E-state index in [1.54, 1.807) is 13.3 Å². The molecule has 1 fully saturated rings. The number of rotatable bonds is 6. The molecule has 1 aromatic rings. The van der Waals surface area contributed by atoms with Crippen LogP contribution in [0.1, 0.15) is 25.1 Å². The third-order valence-electron chi connectivity index (χ3n) is 3.32. The van der Waals surface area contributed by atoms with Crippen molar-refractivity contribution < 1.29 is 14.2 Å². The zero-order chi connectivity index (χ0) is 13.7. The Labute approximate surface area is 114 Å². The topological polar surface area (TPSA) is 57.5 Å². The SMILES string of the molecule is CCCn1ncc(OC)c1C(NC)C1COCCO1. The van der Waals surface area contributed by atoms with Gasteiger partial charge in [0.15, 0.2) is 5.75 Å². The maximum atomic E-state index is 5.80. The van der Waals surface area contributed by atoms with Crippen LogP contribution in [0.5, 0.6) is 5.75 Å². The Morgan fingerprint density at radius 1 is 1.58 bits per heavy atom. The van der Waals surface area contributed by atoms with Crippen molar-refractivity contribution in [1.29, 1.82) is 0 Å². The fourth-order valence-corrected chi connectivity index (χ4v) is 2.44. The van der Waals surface area contributed by atoms with Gasteiger partial charge in [0.05, 0.1) is 39.2 Å². The lowest BCUT2D eigenvalue weighted by atomic mass is 10.1. The van der Waals surface area contributed by atoms with Crippen LogP contribution in [-0.2, 0) is 16.0 Å². The lowest BCUT2D eigenvalue weighted by Crippen LogP contribution is -2.40. The number of methoxy groups -OCH3 is 1. The van der Waals surface area contributed by atoms with E-state index in [9.17, 15) is 0 Å². The number of hydrogen-bond donors (Lipinski definition) is 1. The molecule has 6 heteroatoms. The van der Waals surface area contributed by atoms with E-state index in [-0.39, 0.29) is 12.1 Å². The van der Waals surface area contributed by atoms with Gasteiger partial charge in [0, 0.05) is 6.54 Å². The van der Waals surface area contributed by atoms with Crippen LogP contribution < -0.4 is 10.1 Å². The molecule has 0 bridgehead atoms. The first-order chi connectivity index (χ1) is 9.31. The van der Waals surface area contributed by atoms with Gasteiger partial charge in [-0.2, -0.15) is 5.10 Å². The second-order valence-corrected chi connectivity index (χ2v) is 4.57. The van der Waals surface area contributed by atoms with Crippen molar-refractivity contribution in [3.05, 3.63) is 11.9 Å². The number of ether oxygens (including phenoxy) is 3. The zero-order valence-corrected chi connectivity index (χ0v) is 11.9. The maximum Gasteiger partial charge on any atom is 0.161 e. The molecular formula is C13H23N3O3. The van der Waals surface area contributed by atoms with Crippen LogP contribution in [0.2, 0.25) is 0 Å². The molecule has 2 rings (SSSR count). The zero-order valence-electron chi connectivity index (χ0n) is 11.9. The molecule has 1 N–H and O–H groups in total. The van der Waals surface area contributed by atoms with Crippen LogP contribution in [0.4, 0.5) is 0 Å². The van der Waals surface area contributed by atoms with Crippen molar-refractivity contribution >= 4 is 0 Å². The average molecular weight is 269 g/mol. The average Bonchev–Trinajstić information content (AvgIpc) is 2.85. The minimum absolute atomic E-state index is 0.0139. The summed E-state index contributed by atoms with van der Waals surface area (Å²) in [5.41, 5.74) is 1.03. The lowest BCUT2D eigenvalue weighted by molar-refractivity contribution is -0.102. The molecule has 0 aromatic carbocycles. The maximum absolute atomic E-state index is 5.80. The van der Waals surface area contributed by atoms with Crippen molar-refractivity contribution in [2.24, 2.45) is 0 Å². The highest BCUT2D eigenvalue weighted by Gasteiger charge is 2.30. The van der Waals surface area contributed by atoms with Gasteiger partial charge >= 0.3 is 0 Å². The molecule has 0 saturated carbocycles. The summed E-state index contributed by atoms with van der Waals surface area (Å²) in [5.74, 6) is 0.793. The fourth-order valence-electron chi connectivity index (χ4n) is 2.44. The Balaban J connectivity index is 2.26. The van der Waals surface area contributed by atoms with Gasteiger partial charge in [0.1, 0.15) is 11.8 Å². The molecule has 2 unspecified atom stereocenters. The normalized spacial score (nSPS) is 21.3. The summed E-state index contributed by atoms with van der Waals surface area (Å²) < 4.78 is 18.7. The minimum Gasteiger partial charge on any atom is -0.493 e. The monoisotopic (exact) mass is 269 g/mol. The molecule has 0 aliphatic carbocycles. The van der Waals surface area contributed by atoms with Crippen LogP contribution in [0, 0.1) is 0 Å². The number of aryl methyl sites for hydroxylation is 1. The van der Waals surface area contributed by atoms with Crippen molar-refractivity contribution in [1.82, 2.24) is 15.1 Å². The van der Waals surface area contributed by atoms with Gasteiger partial charge in [-0.1, -0.05) is 6.92 Å². The molecule has 0 amide bonds. The number of likely N-dealkylation sites (N-methyl/N-ethyl adjacent to an activating group) is 1. The number of nitrogens with one attached hydrogen (secondary N) is 1. The summed E-state index contributed by atoms with van der Waals surface area (Å²) in [6.45, 7) is 4.88. The van der Waals surface area contributed by atoms with Gasteiger partial charge in [-0.25, -0.2) is 0 Å². The molecule has 2 atom stereocenters. The molecule has 19 heavy (non-hydrogen) atoms. The summed E-state index contributed by atoms with van der Waals surface area (Å²) in [7, 11) is 3.59. The smallest absolute Gasteiger partial charge is 0.161 e. The first kappa shape index (κ1) is 14.3. The Morgan fingerprint density at radius 3 is 3.00 bits per heavy atom. The van der Waals surface area contributed by atoms with Crippen LogP contribution in [0.3, 0.4) is 0 Å². The highest BCUT2D eigenvalue weighted by atomic mass is 16.6. The standard InChI is InChI=1S/C13H23N3O3/c1-4-5-16-13(10(17-3)8-15-16)12(14-2)11-9-18-6-7-19-11/h8,11-12,14H,4-7,9H2,1-3H3. The second-order valence-electron chi connectivity index (χ2n) is 4.57. The Morgan fingerprint density at radius 2 is 2.42 bits per heavy atom. The van der Waals surface area contributed by atoms with E-state index < -0.39 is 0 Å². The van der Waals surface area contributed by atoms with Crippen LogP contribution in [-0.4, -0.2) is 49.9 Å². The number of nitrogens with zero attached hydrogens (tertiary/aromatic N) is 2. The van der Waals surface area contributed by atoms with Gasteiger partial charge in [-0.3, -0.25) is 4.68 Å². The molecule has 108 valence electrons. The van der Waals surface area contributed by atoms with Gasteiger partial charge in [-0.15, -0.1) is 0 Å². The molecule has 1 aromatic heterocycles. The van der Waals surface area contributed by atoms with Crippen LogP contribution in [0.25, 0.3) is 0 Å². The molecule has 0 spiro atoms. The summed E-state index contributed by atoms with van der Waals surface area (Å²) in [5, 5.41) is 7.70. The van der Waals surface area contributed by atoms with E-state index in [1.165, 1.54) is 0 Å². The van der Waals surface area contributed by atoms with Crippen LogP contribution >= 0.6 is 0 Å². The highest BCUT2D eigenvalue weighted by molar-refractivity contribution is 5.29. The fraction of sp³-hybridized carbons (Fsp3) is 0.769. The van der Waals surface area contributed by atoms with Crippen molar-refractivity contribution in [2.45, 2.75) is 32.0 Å². The molecular weight excluding hydrogens is 246 g/mol. The van der Waals surface area contributed by atoms with Crippen molar-refractivity contribution in [3.63, 3.8) is 0 Å². The van der Waals surface area contributed by atoms with Crippen LogP contribution in [0.15, 0.2) is 6.20 Å². The molecule has 0 radical (unpaired) electrons. The highest BCUT2D eigenvalue weighted by Crippen LogP contribution is 2.29. The Hall–Kier alpha value is -1.11. The van der Waals surface area contributed by atoms with E-state index in [0.29, 0.717) is 19.8 Å². The molecule has 1 saturated heterocycles. The predicted molar refractivity (Wildman–Crippen MR) is 71.4 cm³/mol. The largest absolute Gasteiger partial charge is 0.493 e. The van der Waals surface area contributed by atoms with Gasteiger partial charge in [0.2, 0.25) is 0 Å². The van der Waals surface area contributed by atoms with E-state index >= 15 is 0 Å². The number of aromatic nitrogens is 2. The second kappa shape index (κ2) is 6.88. The quantitative estimate of drug-likeness (QED) is 0.834. The van der Waals surface area contributed by atoms with E-state index in [4.69, 9.17) is 14.2 Å². The first-order valence-corrected chi connectivity index (χ1v) is 6.78. The predicted octanol–water partition coefficient (Wildman–Crippen LogP) is 0.978. The van der Waals surface area contributed by atoms with Crippen molar-refractivity contribution in [2.75, 3.05) is 34.0 Å². The van der Waals surface area contributed by atoms with Gasteiger partial charge in [0.25, 0.3) is 0 Å². The third-order valence-corrected chi connectivity index (χ3v) is 3.32. The molecule has 2 heterocycles. The Kier molecular flexibility index (Phi) is 5.18. The van der Waals surface area contributed by atoms with Gasteiger partial charge < -0.3 is 19.5 Å². The van der Waals surface area contributed by atoms with Crippen molar-refractivity contribution in [3.8, 4) is 5.75 Å². The first-order valence-electron chi connectivity index (χ1n) is 6.78. The lowest BCUT2D eigenvalue weighted by Gasteiger charge is -2.31. The molecule has 1 aliphatic rings. The minimum atomic E-state index is -0.0139. The molecule has 1 aliphatic heterocycles.